The van der Waals surface area contributed by atoms with E-state index in [0.29, 0.717) is 34.9 Å². The highest BCUT2D eigenvalue weighted by Crippen LogP contribution is 2.32. The van der Waals surface area contributed by atoms with Crippen LogP contribution in [0.25, 0.3) is 10.9 Å². The Labute approximate surface area is 184 Å². The van der Waals surface area contributed by atoms with Gasteiger partial charge in [-0.05, 0) is 24.6 Å². The second-order valence-corrected chi connectivity index (χ2v) is 7.96. The first-order chi connectivity index (χ1) is 14.7. The number of nitrogens with zero attached hydrogens (tertiary/aromatic N) is 3. The van der Waals surface area contributed by atoms with Crippen molar-refractivity contribution in [2.24, 2.45) is 0 Å². The number of para-hydroxylation sites is 1. The molecule has 0 unspecified atom stereocenters. The Balaban J connectivity index is 1.77. The third kappa shape index (κ3) is 5.56. The maximum Gasteiger partial charge on any atom is 0.417 e. The van der Waals surface area contributed by atoms with E-state index in [0.717, 1.165) is 24.6 Å². The van der Waals surface area contributed by atoms with Gasteiger partial charge in [0, 0.05) is 12.7 Å². The summed E-state index contributed by atoms with van der Waals surface area (Å²) in [6, 6.07) is 7.65. The van der Waals surface area contributed by atoms with Crippen LogP contribution >= 0.6 is 23.4 Å². The number of halogens is 4. The summed E-state index contributed by atoms with van der Waals surface area (Å²) >= 11 is 6.88. The molecule has 1 amide bonds. The molecule has 0 aliphatic heterocycles. The van der Waals surface area contributed by atoms with Crippen LogP contribution < -0.4 is 10.9 Å². The number of nitrogens with one attached hydrogen (secondary N) is 1. The third-order valence-electron chi connectivity index (χ3n) is 4.32. The lowest BCUT2D eigenvalue weighted by Gasteiger charge is -2.13. The van der Waals surface area contributed by atoms with Crippen molar-refractivity contribution in [2.45, 2.75) is 37.6 Å². The SMILES string of the molecule is CCCCn1c(SCC(=O)Nc2ncc(C(F)(F)F)cc2Cl)nc2ccccc2c1=O. The first-order valence-electron chi connectivity index (χ1n) is 9.35. The van der Waals surface area contributed by atoms with Gasteiger partial charge >= 0.3 is 6.18 Å². The Bertz CT molecular complexity index is 1170. The van der Waals surface area contributed by atoms with E-state index in [2.05, 4.69) is 15.3 Å². The lowest BCUT2D eigenvalue weighted by atomic mass is 10.2. The number of anilines is 1. The number of carbonyl (C=O) groups is 1. The minimum Gasteiger partial charge on any atom is -0.309 e. The van der Waals surface area contributed by atoms with Crippen molar-refractivity contribution in [3.05, 3.63) is 57.5 Å². The van der Waals surface area contributed by atoms with Gasteiger partial charge in [-0.15, -0.1) is 0 Å². The zero-order chi connectivity index (χ0) is 22.6. The highest BCUT2D eigenvalue weighted by Gasteiger charge is 2.31. The normalized spacial score (nSPS) is 11.6. The van der Waals surface area contributed by atoms with Crippen molar-refractivity contribution in [3.63, 3.8) is 0 Å². The molecule has 0 aliphatic carbocycles. The summed E-state index contributed by atoms with van der Waals surface area (Å²) in [5.41, 5.74) is -0.671. The lowest BCUT2D eigenvalue weighted by molar-refractivity contribution is -0.137. The van der Waals surface area contributed by atoms with Crippen molar-refractivity contribution in [2.75, 3.05) is 11.1 Å². The molecular formula is C20H18ClF3N4O2S. The molecule has 6 nitrogen and oxygen atoms in total. The zero-order valence-electron chi connectivity index (χ0n) is 16.4. The number of hydrogen-bond donors (Lipinski definition) is 1. The van der Waals surface area contributed by atoms with Crippen LogP contribution in [0.5, 0.6) is 0 Å². The fourth-order valence-electron chi connectivity index (χ4n) is 2.75. The average molecular weight is 471 g/mol. The summed E-state index contributed by atoms with van der Waals surface area (Å²) in [7, 11) is 0. The molecule has 164 valence electrons. The number of rotatable bonds is 7. The van der Waals surface area contributed by atoms with Gasteiger partial charge in [0.25, 0.3) is 5.56 Å². The van der Waals surface area contributed by atoms with E-state index in [4.69, 9.17) is 11.6 Å². The molecule has 31 heavy (non-hydrogen) atoms. The van der Waals surface area contributed by atoms with Crippen LogP contribution in [0, 0.1) is 0 Å². The number of aromatic nitrogens is 3. The number of fused-ring (bicyclic) bond motifs is 1. The van der Waals surface area contributed by atoms with E-state index < -0.39 is 17.6 Å². The zero-order valence-corrected chi connectivity index (χ0v) is 17.9. The van der Waals surface area contributed by atoms with E-state index in [1.54, 1.807) is 24.3 Å². The molecule has 11 heteroatoms. The first kappa shape index (κ1) is 23.1. The molecule has 0 aliphatic rings. The molecule has 3 aromatic rings. The first-order valence-corrected chi connectivity index (χ1v) is 10.7. The van der Waals surface area contributed by atoms with Gasteiger partial charge in [-0.1, -0.05) is 48.8 Å². The second kappa shape index (κ2) is 9.69. The highest BCUT2D eigenvalue weighted by atomic mass is 35.5. The highest BCUT2D eigenvalue weighted by molar-refractivity contribution is 7.99. The van der Waals surface area contributed by atoms with E-state index in [-0.39, 0.29) is 22.2 Å². The molecule has 2 heterocycles. The van der Waals surface area contributed by atoms with Crippen LogP contribution in [-0.4, -0.2) is 26.2 Å². The average Bonchev–Trinajstić information content (AvgIpc) is 2.72. The van der Waals surface area contributed by atoms with Gasteiger partial charge in [0.05, 0.1) is 27.2 Å². The van der Waals surface area contributed by atoms with Gasteiger partial charge in [0.1, 0.15) is 0 Å². The summed E-state index contributed by atoms with van der Waals surface area (Å²) in [5.74, 6) is -0.839. The number of unbranched alkanes of at least 4 members (excludes halogenated alkanes) is 1. The van der Waals surface area contributed by atoms with E-state index in [9.17, 15) is 22.8 Å². The molecule has 2 aromatic heterocycles. The Morgan fingerprint density at radius 2 is 2.03 bits per heavy atom. The number of thioether (sulfide) groups is 1. The van der Waals surface area contributed by atoms with Crippen LogP contribution in [0.2, 0.25) is 5.02 Å². The van der Waals surface area contributed by atoms with Gasteiger partial charge in [0.2, 0.25) is 5.91 Å². The number of carbonyl (C=O) groups excluding carboxylic acids is 1. The standard InChI is InChI=1S/C20H18ClF3N4O2S/c1-2-3-8-28-18(30)13-6-4-5-7-15(13)26-19(28)31-11-16(29)27-17-14(21)9-12(10-25-17)20(22,23)24/h4-7,9-10H,2-3,8,11H2,1H3,(H,25,27,29). The predicted molar refractivity (Wildman–Crippen MR) is 115 cm³/mol. The number of hydrogen-bond acceptors (Lipinski definition) is 5. The summed E-state index contributed by atoms with van der Waals surface area (Å²) < 4.78 is 39.7. The van der Waals surface area contributed by atoms with Crippen LogP contribution in [0.1, 0.15) is 25.3 Å². The summed E-state index contributed by atoms with van der Waals surface area (Å²) in [6.07, 6.45) is -2.34. The van der Waals surface area contributed by atoms with Crippen LogP contribution in [0.15, 0.2) is 46.5 Å². The van der Waals surface area contributed by atoms with Crippen LogP contribution in [0.3, 0.4) is 0 Å². The maximum atomic E-state index is 12.8. The molecule has 0 saturated carbocycles. The summed E-state index contributed by atoms with van der Waals surface area (Å²) in [5, 5.41) is 2.95. The maximum absolute atomic E-state index is 12.8. The van der Waals surface area contributed by atoms with Crippen molar-refractivity contribution in [1.29, 1.82) is 0 Å². The second-order valence-electron chi connectivity index (χ2n) is 6.61. The summed E-state index contributed by atoms with van der Waals surface area (Å²) in [6.45, 7) is 2.46. The minimum atomic E-state index is -4.58. The molecule has 0 fully saturated rings. The molecule has 0 bridgehead atoms. The quantitative estimate of drug-likeness (QED) is 0.388. The van der Waals surface area contributed by atoms with Gasteiger partial charge in [-0.3, -0.25) is 14.2 Å². The van der Waals surface area contributed by atoms with Gasteiger partial charge in [-0.25, -0.2) is 9.97 Å². The van der Waals surface area contributed by atoms with Crippen LogP contribution in [-0.2, 0) is 17.5 Å². The molecule has 1 N–H and O–H groups in total. The predicted octanol–water partition coefficient (Wildman–Crippen LogP) is 4.99. The molecule has 3 rings (SSSR count). The molecule has 1 aromatic carbocycles. The van der Waals surface area contributed by atoms with Crippen molar-refractivity contribution in [1.82, 2.24) is 14.5 Å². The number of amides is 1. The topological polar surface area (TPSA) is 76.9 Å². The van der Waals surface area contributed by atoms with Crippen molar-refractivity contribution < 1.29 is 18.0 Å². The largest absolute Gasteiger partial charge is 0.417 e. The Morgan fingerprint density at radius 3 is 2.71 bits per heavy atom. The Kier molecular flexibility index (Phi) is 7.22. The minimum absolute atomic E-state index is 0.129. The third-order valence-corrected chi connectivity index (χ3v) is 5.59. The fourth-order valence-corrected chi connectivity index (χ4v) is 3.79. The van der Waals surface area contributed by atoms with E-state index >= 15 is 0 Å². The number of benzene rings is 1. The van der Waals surface area contributed by atoms with Crippen molar-refractivity contribution >= 4 is 46.0 Å². The molecule has 0 atom stereocenters. The molecule has 0 spiro atoms. The smallest absolute Gasteiger partial charge is 0.309 e. The summed E-state index contributed by atoms with van der Waals surface area (Å²) in [4.78, 5) is 33.3. The van der Waals surface area contributed by atoms with Gasteiger partial charge in [0.15, 0.2) is 11.0 Å². The van der Waals surface area contributed by atoms with Gasteiger partial charge < -0.3 is 5.32 Å². The van der Waals surface area contributed by atoms with E-state index in [1.807, 2.05) is 6.92 Å². The van der Waals surface area contributed by atoms with Crippen LogP contribution in [0.4, 0.5) is 19.0 Å². The molecule has 0 saturated heterocycles. The van der Waals surface area contributed by atoms with Crippen molar-refractivity contribution in [3.8, 4) is 0 Å². The Morgan fingerprint density at radius 1 is 1.29 bits per heavy atom. The number of pyridine rings is 1. The van der Waals surface area contributed by atoms with Gasteiger partial charge in [-0.2, -0.15) is 13.2 Å². The monoisotopic (exact) mass is 470 g/mol. The Hall–Kier alpha value is -2.59. The molecule has 0 radical (unpaired) electrons. The van der Waals surface area contributed by atoms with E-state index in [1.165, 1.54) is 4.57 Å². The molecular weight excluding hydrogens is 453 g/mol. The number of alkyl halides is 3. The fraction of sp³-hybridized carbons (Fsp3) is 0.300. The lowest BCUT2D eigenvalue weighted by Crippen LogP contribution is -2.24.